The first kappa shape index (κ1) is 23.2. The first-order valence-electron chi connectivity index (χ1n) is 10.0. The molecule has 0 saturated carbocycles. The quantitative estimate of drug-likeness (QED) is 0.229. The van der Waals surface area contributed by atoms with E-state index in [-0.39, 0.29) is 21.9 Å². The fourth-order valence-electron chi connectivity index (χ4n) is 3.81. The van der Waals surface area contributed by atoms with Gasteiger partial charge in [-0.15, -0.1) is 0 Å². The summed E-state index contributed by atoms with van der Waals surface area (Å²) in [5.41, 5.74) is 5.82. The van der Waals surface area contributed by atoms with Gasteiger partial charge in [0.2, 0.25) is 0 Å². The average molecular weight is 438 g/mol. The molecule has 164 valence electrons. The van der Waals surface area contributed by atoms with Gasteiger partial charge in [-0.05, 0) is 91.7 Å². The maximum Gasteiger partial charge on any atom is 0.332 e. The summed E-state index contributed by atoms with van der Waals surface area (Å²) in [5.74, 6) is -1.78. The van der Waals surface area contributed by atoms with Crippen molar-refractivity contribution in [2.24, 2.45) is 0 Å². The maximum absolute atomic E-state index is 13.4. The van der Waals surface area contributed by atoms with E-state index in [1.165, 1.54) is 41.8 Å². The van der Waals surface area contributed by atoms with Crippen LogP contribution < -0.4 is 0 Å². The van der Waals surface area contributed by atoms with Crippen LogP contribution in [0.5, 0.6) is 0 Å². The summed E-state index contributed by atoms with van der Waals surface area (Å²) in [6.07, 6.45) is 0. The number of halogens is 4. The minimum Gasteiger partial charge on any atom is -0.255 e. The van der Waals surface area contributed by atoms with Crippen molar-refractivity contribution in [3.05, 3.63) is 106 Å². The molecular weight excluding hydrogens is 416 g/mol. The molecule has 0 atom stereocenters. The second-order valence-electron chi connectivity index (χ2n) is 7.79. The summed E-state index contributed by atoms with van der Waals surface area (Å²) in [5, 5.41) is 0.482. The van der Waals surface area contributed by atoms with Gasteiger partial charge >= 0.3 is 6.04 Å². The van der Waals surface area contributed by atoms with Crippen LogP contribution in [0.4, 0.5) is 17.6 Å². The Labute approximate surface area is 184 Å². The third kappa shape index (κ3) is 4.88. The first-order chi connectivity index (χ1) is 15.1. The minimum absolute atomic E-state index is 0.0379. The summed E-state index contributed by atoms with van der Waals surface area (Å²) in [7, 11) is 0. The second-order valence-corrected chi connectivity index (χ2v) is 7.79. The highest BCUT2D eigenvalue weighted by atomic mass is 19.1. The molecule has 0 bridgehead atoms. The number of aryl methyl sites for hydroxylation is 3. The zero-order valence-electron chi connectivity index (χ0n) is 18.2. The van der Waals surface area contributed by atoms with Gasteiger partial charge in [0.1, 0.15) is 17.5 Å². The Kier molecular flexibility index (Phi) is 6.78. The van der Waals surface area contributed by atoms with E-state index in [1.807, 2.05) is 0 Å². The maximum atomic E-state index is 13.4. The lowest BCUT2D eigenvalue weighted by Crippen LogP contribution is -1.92. The highest BCUT2D eigenvalue weighted by Crippen LogP contribution is 2.28. The van der Waals surface area contributed by atoms with Crippen LogP contribution >= 0.6 is 0 Å². The van der Waals surface area contributed by atoms with Crippen molar-refractivity contribution in [2.75, 3.05) is 0 Å². The molecule has 0 saturated heterocycles. The molecule has 4 aromatic rings. The van der Waals surface area contributed by atoms with E-state index in [0.717, 1.165) is 29.3 Å². The zero-order valence-corrected chi connectivity index (χ0v) is 18.2. The molecule has 0 amide bonds. The summed E-state index contributed by atoms with van der Waals surface area (Å²) < 4.78 is 51.8. The average Bonchev–Trinajstić information content (AvgIpc) is 2.72. The van der Waals surface area contributed by atoms with Crippen molar-refractivity contribution in [3.63, 3.8) is 0 Å². The van der Waals surface area contributed by atoms with Crippen molar-refractivity contribution < 1.29 is 22.4 Å². The molecule has 0 fully saturated rings. The molecular formula is C27H22F4O. The molecule has 0 aliphatic rings. The van der Waals surface area contributed by atoms with Crippen LogP contribution in [-0.2, 0) is 0 Å². The molecule has 0 aromatic heterocycles. The third-order valence-electron chi connectivity index (χ3n) is 5.30. The fourth-order valence-corrected chi connectivity index (χ4v) is 3.81. The molecule has 32 heavy (non-hydrogen) atoms. The number of hydrogen-bond acceptors (Lipinski definition) is 1. The summed E-state index contributed by atoms with van der Waals surface area (Å²) >= 11 is 0. The zero-order chi connectivity index (χ0) is 23.6. The highest BCUT2D eigenvalue weighted by Gasteiger charge is 2.10. The number of benzene rings is 4. The molecule has 0 spiro atoms. The van der Waals surface area contributed by atoms with E-state index < -0.39 is 23.5 Å². The monoisotopic (exact) mass is 438 g/mol. The molecule has 0 unspecified atom stereocenters. The molecule has 0 radical (unpaired) electrons. The Hall–Kier alpha value is -3.47. The van der Waals surface area contributed by atoms with Gasteiger partial charge in [-0.2, -0.15) is 4.39 Å². The van der Waals surface area contributed by atoms with Crippen molar-refractivity contribution in [1.82, 2.24) is 0 Å². The number of fused-ring (bicyclic) bond motifs is 1. The Morgan fingerprint density at radius 3 is 1.91 bits per heavy atom. The first-order valence-corrected chi connectivity index (χ1v) is 10.0. The van der Waals surface area contributed by atoms with Gasteiger partial charge in [0, 0.05) is 10.9 Å². The fraction of sp³-hybridized carbons (Fsp3) is 0.148. The van der Waals surface area contributed by atoms with Crippen LogP contribution in [0.3, 0.4) is 0 Å². The van der Waals surface area contributed by atoms with E-state index in [9.17, 15) is 22.4 Å². The largest absolute Gasteiger partial charge is 0.332 e. The van der Waals surface area contributed by atoms with Gasteiger partial charge in [-0.25, -0.2) is 13.2 Å². The van der Waals surface area contributed by atoms with Gasteiger partial charge in [-0.3, -0.25) is 4.79 Å². The summed E-state index contributed by atoms with van der Waals surface area (Å²) in [4.78, 5) is 10.6. The van der Waals surface area contributed by atoms with Crippen molar-refractivity contribution >= 4 is 16.8 Å². The normalized spacial score (nSPS) is 10.6. The molecule has 0 N–H and O–H groups in total. The van der Waals surface area contributed by atoms with Crippen LogP contribution in [0.2, 0.25) is 0 Å². The van der Waals surface area contributed by atoms with Crippen molar-refractivity contribution in [2.45, 2.75) is 27.7 Å². The van der Waals surface area contributed by atoms with Crippen LogP contribution in [0, 0.1) is 45.1 Å². The van der Waals surface area contributed by atoms with E-state index in [1.54, 1.807) is 12.1 Å². The van der Waals surface area contributed by atoms with E-state index in [0.29, 0.717) is 0 Å². The Balaban J connectivity index is 0.000000186. The standard InChI is InChI=1S/C16H15FO.C11H7F3/c1-10-8-11(2)15(12(3)9-10)13-4-6-14(7-5-13)16(17)18;1-6-10(13)5-7-4-8(12)2-3-9(7)11(6)14/h4-9H,1-3H3;2-5H,1H3. The van der Waals surface area contributed by atoms with Gasteiger partial charge in [-0.1, -0.05) is 29.8 Å². The van der Waals surface area contributed by atoms with E-state index in [2.05, 4.69) is 32.9 Å². The minimum atomic E-state index is -1.39. The smallest absolute Gasteiger partial charge is 0.255 e. The number of hydrogen-bond donors (Lipinski definition) is 0. The Morgan fingerprint density at radius 1 is 0.750 bits per heavy atom. The number of carbonyl (C=O) groups excluding carboxylic acids is 1. The molecule has 0 aliphatic carbocycles. The lowest BCUT2D eigenvalue weighted by Gasteiger charge is -2.11. The van der Waals surface area contributed by atoms with Gasteiger partial charge in [0.05, 0.1) is 5.56 Å². The summed E-state index contributed by atoms with van der Waals surface area (Å²) in [6.45, 7) is 7.54. The highest BCUT2D eigenvalue weighted by molar-refractivity contribution is 5.89. The SMILES string of the molecule is Cc1c(F)cc2cc(F)ccc2c1F.Cc1cc(C)c(-c2ccc(C(=O)F)cc2)c(C)c1. The molecule has 4 rings (SSSR count). The third-order valence-corrected chi connectivity index (χ3v) is 5.30. The number of rotatable bonds is 2. The van der Waals surface area contributed by atoms with Crippen LogP contribution in [0.15, 0.2) is 60.7 Å². The lowest BCUT2D eigenvalue weighted by molar-refractivity contribution is 0.0836. The Bertz CT molecular complexity index is 1280. The van der Waals surface area contributed by atoms with Gasteiger partial charge in [0.15, 0.2) is 0 Å². The number of carbonyl (C=O) groups is 1. The van der Waals surface area contributed by atoms with E-state index in [4.69, 9.17) is 0 Å². The molecule has 0 aliphatic heterocycles. The topological polar surface area (TPSA) is 17.1 Å². The second kappa shape index (κ2) is 9.35. The van der Waals surface area contributed by atoms with E-state index >= 15 is 0 Å². The van der Waals surface area contributed by atoms with Gasteiger partial charge in [0.25, 0.3) is 0 Å². The molecule has 5 heteroatoms. The Morgan fingerprint density at radius 2 is 1.34 bits per heavy atom. The lowest BCUT2D eigenvalue weighted by atomic mass is 9.93. The van der Waals surface area contributed by atoms with Crippen LogP contribution in [0.1, 0.15) is 32.6 Å². The predicted octanol–water partition coefficient (Wildman–Crippen LogP) is 7.95. The predicted molar refractivity (Wildman–Crippen MR) is 120 cm³/mol. The molecule has 1 nitrogen and oxygen atoms in total. The van der Waals surface area contributed by atoms with Crippen LogP contribution in [0.25, 0.3) is 21.9 Å². The molecule has 0 heterocycles. The van der Waals surface area contributed by atoms with Crippen molar-refractivity contribution in [3.8, 4) is 11.1 Å². The van der Waals surface area contributed by atoms with Crippen molar-refractivity contribution in [1.29, 1.82) is 0 Å². The molecule has 4 aromatic carbocycles. The van der Waals surface area contributed by atoms with Gasteiger partial charge < -0.3 is 0 Å². The van der Waals surface area contributed by atoms with Crippen LogP contribution in [-0.4, -0.2) is 6.04 Å². The summed E-state index contributed by atoms with van der Waals surface area (Å²) in [6, 6.07) is 14.2.